The van der Waals surface area contributed by atoms with Crippen molar-refractivity contribution >= 4 is 5.97 Å². The van der Waals surface area contributed by atoms with Gasteiger partial charge in [-0.25, -0.2) is 0 Å². The highest BCUT2D eigenvalue weighted by molar-refractivity contribution is 5.73. The van der Waals surface area contributed by atoms with Gasteiger partial charge in [-0.1, -0.05) is 36.4 Å². The summed E-state index contributed by atoms with van der Waals surface area (Å²) in [7, 11) is 0. The van der Waals surface area contributed by atoms with Gasteiger partial charge in [-0.2, -0.15) is 0 Å². The van der Waals surface area contributed by atoms with Crippen LogP contribution in [0.25, 0.3) is 0 Å². The van der Waals surface area contributed by atoms with Crippen LogP contribution in [0.4, 0.5) is 0 Å². The second-order valence-corrected chi connectivity index (χ2v) is 4.84. The molecule has 0 saturated heterocycles. The first-order chi connectivity index (χ1) is 10.2. The van der Waals surface area contributed by atoms with Gasteiger partial charge in [-0.3, -0.25) is 4.79 Å². The summed E-state index contributed by atoms with van der Waals surface area (Å²) < 4.78 is 10.8. The van der Waals surface area contributed by atoms with Gasteiger partial charge in [0.25, 0.3) is 0 Å². The van der Waals surface area contributed by atoms with Gasteiger partial charge in [0, 0.05) is 0 Å². The summed E-state index contributed by atoms with van der Waals surface area (Å²) in [5, 5.41) is 0. The van der Waals surface area contributed by atoms with Gasteiger partial charge in [0.05, 0.1) is 13.0 Å². The molecule has 2 rings (SSSR count). The normalized spacial score (nSPS) is 10.2. The van der Waals surface area contributed by atoms with E-state index in [0.717, 1.165) is 22.4 Å². The molecule has 0 N–H and O–H groups in total. The van der Waals surface area contributed by atoms with Crippen molar-refractivity contribution < 1.29 is 14.3 Å². The van der Waals surface area contributed by atoms with Crippen LogP contribution in [0.1, 0.15) is 23.6 Å². The van der Waals surface area contributed by atoms with Crippen LogP contribution in [0.5, 0.6) is 5.75 Å². The van der Waals surface area contributed by atoms with E-state index in [-0.39, 0.29) is 12.4 Å². The van der Waals surface area contributed by atoms with Crippen LogP contribution in [-0.2, 0) is 22.6 Å². The highest BCUT2D eigenvalue weighted by Gasteiger charge is 2.08. The third kappa shape index (κ3) is 4.63. The maximum Gasteiger partial charge on any atom is 0.310 e. The van der Waals surface area contributed by atoms with Gasteiger partial charge >= 0.3 is 5.97 Å². The third-order valence-corrected chi connectivity index (χ3v) is 3.21. The molecule has 0 aliphatic rings. The molecule has 2 aromatic rings. The van der Waals surface area contributed by atoms with Gasteiger partial charge in [0.2, 0.25) is 0 Å². The molecule has 0 bridgehead atoms. The molecule has 0 heterocycles. The van der Waals surface area contributed by atoms with Crippen LogP contribution in [0.15, 0.2) is 48.5 Å². The first-order valence-electron chi connectivity index (χ1n) is 7.11. The number of benzene rings is 2. The number of hydrogen-bond donors (Lipinski definition) is 0. The lowest BCUT2D eigenvalue weighted by Crippen LogP contribution is -2.08. The fraction of sp³-hybridized carbons (Fsp3) is 0.278. The molecule has 110 valence electrons. The lowest BCUT2D eigenvalue weighted by Gasteiger charge is -2.10. The van der Waals surface area contributed by atoms with Gasteiger partial charge in [-0.15, -0.1) is 0 Å². The Morgan fingerprint density at radius 3 is 2.57 bits per heavy atom. The quantitative estimate of drug-likeness (QED) is 0.759. The zero-order chi connectivity index (χ0) is 15.1. The van der Waals surface area contributed by atoms with Gasteiger partial charge in [0.15, 0.2) is 0 Å². The minimum Gasteiger partial charge on any atom is -0.489 e. The SMILES string of the molecule is CCOC(=O)Cc1cc(OCc2ccccc2)ccc1C. The molecule has 0 aliphatic carbocycles. The zero-order valence-corrected chi connectivity index (χ0v) is 12.5. The van der Waals surface area contributed by atoms with E-state index >= 15 is 0 Å². The lowest BCUT2D eigenvalue weighted by molar-refractivity contribution is -0.142. The Kier molecular flexibility index (Phi) is 5.38. The summed E-state index contributed by atoms with van der Waals surface area (Å²) in [6, 6.07) is 15.8. The van der Waals surface area contributed by atoms with E-state index in [0.29, 0.717) is 13.2 Å². The van der Waals surface area contributed by atoms with E-state index in [1.54, 1.807) is 0 Å². The number of aryl methyl sites for hydroxylation is 1. The predicted molar refractivity (Wildman–Crippen MR) is 82.3 cm³/mol. The Labute approximate surface area is 125 Å². The Morgan fingerprint density at radius 1 is 1.10 bits per heavy atom. The Balaban J connectivity index is 2.02. The van der Waals surface area contributed by atoms with Crippen LogP contribution in [-0.4, -0.2) is 12.6 Å². The molecule has 0 unspecified atom stereocenters. The molecule has 0 fully saturated rings. The molecule has 0 aromatic heterocycles. The molecule has 2 aromatic carbocycles. The van der Waals surface area contributed by atoms with Gasteiger partial charge < -0.3 is 9.47 Å². The second kappa shape index (κ2) is 7.48. The monoisotopic (exact) mass is 284 g/mol. The lowest BCUT2D eigenvalue weighted by atomic mass is 10.1. The number of carbonyl (C=O) groups is 1. The molecule has 0 atom stereocenters. The van der Waals surface area contributed by atoms with E-state index in [9.17, 15) is 4.79 Å². The summed E-state index contributed by atoms with van der Waals surface area (Å²) in [5.41, 5.74) is 3.12. The van der Waals surface area contributed by atoms with Crippen LogP contribution >= 0.6 is 0 Å². The largest absolute Gasteiger partial charge is 0.489 e. The molecule has 0 saturated carbocycles. The van der Waals surface area contributed by atoms with E-state index < -0.39 is 0 Å². The topological polar surface area (TPSA) is 35.5 Å². The fourth-order valence-electron chi connectivity index (χ4n) is 2.04. The summed E-state index contributed by atoms with van der Waals surface area (Å²) in [4.78, 5) is 11.6. The van der Waals surface area contributed by atoms with Gasteiger partial charge in [-0.05, 0) is 42.7 Å². The van der Waals surface area contributed by atoms with Crippen LogP contribution in [0.3, 0.4) is 0 Å². The van der Waals surface area contributed by atoms with Crippen molar-refractivity contribution in [2.24, 2.45) is 0 Å². The third-order valence-electron chi connectivity index (χ3n) is 3.21. The van der Waals surface area contributed by atoms with Crippen molar-refractivity contribution in [2.45, 2.75) is 26.9 Å². The average Bonchev–Trinajstić information content (AvgIpc) is 2.49. The molecule has 21 heavy (non-hydrogen) atoms. The molecule has 0 spiro atoms. The number of hydrogen-bond acceptors (Lipinski definition) is 3. The standard InChI is InChI=1S/C18H20O3/c1-3-20-18(19)12-16-11-17(10-9-14(16)2)21-13-15-7-5-4-6-8-15/h4-11H,3,12-13H2,1-2H3. The van der Waals surface area contributed by atoms with Crippen molar-refractivity contribution in [1.29, 1.82) is 0 Å². The summed E-state index contributed by atoms with van der Waals surface area (Å²) in [6.07, 6.45) is 0.280. The van der Waals surface area contributed by atoms with E-state index in [1.807, 2.05) is 62.4 Å². The predicted octanol–water partition coefficient (Wildman–Crippen LogP) is 3.68. The van der Waals surface area contributed by atoms with Crippen LogP contribution in [0, 0.1) is 6.92 Å². The molecule has 0 aliphatic heterocycles. The zero-order valence-electron chi connectivity index (χ0n) is 12.5. The number of ether oxygens (including phenoxy) is 2. The first kappa shape index (κ1) is 15.1. The van der Waals surface area contributed by atoms with Crippen molar-refractivity contribution in [3.63, 3.8) is 0 Å². The van der Waals surface area contributed by atoms with E-state index in [2.05, 4.69) is 0 Å². The van der Waals surface area contributed by atoms with Crippen molar-refractivity contribution in [2.75, 3.05) is 6.61 Å². The Bertz CT molecular complexity index is 591. The fourth-order valence-corrected chi connectivity index (χ4v) is 2.04. The first-order valence-corrected chi connectivity index (χ1v) is 7.11. The summed E-state index contributed by atoms with van der Waals surface area (Å²) in [5.74, 6) is 0.560. The highest BCUT2D eigenvalue weighted by atomic mass is 16.5. The number of rotatable bonds is 6. The number of carbonyl (C=O) groups excluding carboxylic acids is 1. The minimum atomic E-state index is -0.208. The average molecular weight is 284 g/mol. The molecular formula is C18H20O3. The molecule has 3 nitrogen and oxygen atoms in total. The molecule has 0 radical (unpaired) electrons. The van der Waals surface area contributed by atoms with Gasteiger partial charge in [0.1, 0.15) is 12.4 Å². The smallest absolute Gasteiger partial charge is 0.310 e. The Morgan fingerprint density at radius 2 is 1.86 bits per heavy atom. The Hall–Kier alpha value is -2.29. The van der Waals surface area contributed by atoms with Crippen molar-refractivity contribution in [3.05, 3.63) is 65.2 Å². The van der Waals surface area contributed by atoms with E-state index in [4.69, 9.17) is 9.47 Å². The van der Waals surface area contributed by atoms with E-state index in [1.165, 1.54) is 0 Å². The molecular weight excluding hydrogens is 264 g/mol. The number of esters is 1. The summed E-state index contributed by atoms with van der Waals surface area (Å²) >= 11 is 0. The second-order valence-electron chi connectivity index (χ2n) is 4.84. The minimum absolute atomic E-state index is 0.208. The summed E-state index contributed by atoms with van der Waals surface area (Å²) in [6.45, 7) is 4.71. The highest BCUT2D eigenvalue weighted by Crippen LogP contribution is 2.19. The maximum absolute atomic E-state index is 11.6. The van der Waals surface area contributed by atoms with Crippen LogP contribution < -0.4 is 4.74 Å². The maximum atomic E-state index is 11.6. The molecule has 3 heteroatoms. The van der Waals surface area contributed by atoms with Crippen molar-refractivity contribution in [3.8, 4) is 5.75 Å². The van der Waals surface area contributed by atoms with Crippen LogP contribution in [0.2, 0.25) is 0 Å². The molecule has 0 amide bonds. The van der Waals surface area contributed by atoms with Crippen molar-refractivity contribution in [1.82, 2.24) is 0 Å².